The summed E-state index contributed by atoms with van der Waals surface area (Å²) in [6, 6.07) is 0. The van der Waals surface area contributed by atoms with Crippen LogP contribution in [0.25, 0.3) is 0 Å². The van der Waals surface area contributed by atoms with E-state index < -0.39 is 17.7 Å². The molecule has 0 aliphatic heterocycles. The summed E-state index contributed by atoms with van der Waals surface area (Å²) in [6.07, 6.45) is 0.788. The lowest BCUT2D eigenvalue weighted by atomic mass is 10.3. The molecule has 0 saturated carbocycles. The van der Waals surface area contributed by atoms with Gasteiger partial charge in [-0.05, 0) is 0 Å². The van der Waals surface area contributed by atoms with Crippen molar-refractivity contribution in [1.29, 1.82) is 0 Å². The van der Waals surface area contributed by atoms with Crippen LogP contribution in [0.5, 0.6) is 0 Å². The quantitative estimate of drug-likeness (QED) is 0.341. The highest BCUT2D eigenvalue weighted by Crippen LogP contribution is 2.35. The third-order valence-corrected chi connectivity index (χ3v) is 3.00. The maximum atomic E-state index is 10.4. The molecule has 3 N–H and O–H groups in total. The van der Waals surface area contributed by atoms with Gasteiger partial charge in [-0.1, -0.05) is 13.3 Å². The van der Waals surface area contributed by atoms with Gasteiger partial charge in [0.1, 0.15) is 17.7 Å². The third kappa shape index (κ3) is 7.15. The molecule has 0 aliphatic rings. The van der Waals surface area contributed by atoms with Gasteiger partial charge in [0.15, 0.2) is 0 Å². The Bertz CT molecular complexity index is 161. The molecule has 0 aromatic rings. The highest BCUT2D eigenvalue weighted by Gasteiger charge is 2.24. The molecule has 0 aromatic heterocycles. The van der Waals surface area contributed by atoms with Gasteiger partial charge in [0.25, 0.3) is 0 Å². The Hall–Kier alpha value is 0.0500. The SMILES string of the molecule is CCCC(O)(O)SSOC(=O)CO. The van der Waals surface area contributed by atoms with E-state index in [0.717, 1.165) is 0 Å². The first-order valence-corrected chi connectivity index (χ1v) is 5.70. The summed E-state index contributed by atoms with van der Waals surface area (Å²) in [5, 5.41) is 24.6. The summed E-state index contributed by atoms with van der Waals surface area (Å²) < 4.78 is 4.34. The zero-order chi connectivity index (χ0) is 10.3. The van der Waals surface area contributed by atoms with E-state index in [2.05, 4.69) is 4.18 Å². The molecular weight excluding hydrogens is 216 g/mol. The van der Waals surface area contributed by atoms with Gasteiger partial charge in [-0.15, -0.1) is 0 Å². The summed E-state index contributed by atoms with van der Waals surface area (Å²) >= 11 is 0.540. The highest BCUT2D eigenvalue weighted by molar-refractivity contribution is 8.75. The van der Waals surface area contributed by atoms with Crippen LogP contribution in [0.2, 0.25) is 0 Å². The molecule has 0 heterocycles. The molecule has 0 amide bonds. The van der Waals surface area contributed by atoms with E-state index in [1.165, 1.54) is 0 Å². The summed E-state index contributed by atoms with van der Waals surface area (Å²) in [5.41, 5.74) is 0. The van der Waals surface area contributed by atoms with Crippen molar-refractivity contribution in [2.45, 2.75) is 24.9 Å². The Morgan fingerprint density at radius 3 is 2.62 bits per heavy atom. The van der Waals surface area contributed by atoms with Crippen LogP contribution in [0.3, 0.4) is 0 Å². The van der Waals surface area contributed by atoms with Gasteiger partial charge in [-0.2, -0.15) is 0 Å². The predicted molar refractivity (Wildman–Crippen MR) is 50.4 cm³/mol. The van der Waals surface area contributed by atoms with Crippen LogP contribution < -0.4 is 0 Å². The van der Waals surface area contributed by atoms with Gasteiger partial charge < -0.3 is 19.5 Å². The van der Waals surface area contributed by atoms with Crippen molar-refractivity contribution in [1.82, 2.24) is 0 Å². The monoisotopic (exact) mass is 228 g/mol. The van der Waals surface area contributed by atoms with E-state index in [4.69, 9.17) is 15.3 Å². The minimum absolute atomic E-state index is 0.182. The normalized spacial score (nSPS) is 11.4. The van der Waals surface area contributed by atoms with Gasteiger partial charge in [0.05, 0.1) is 0 Å². The van der Waals surface area contributed by atoms with E-state index in [9.17, 15) is 4.79 Å². The minimum atomic E-state index is -1.89. The fraction of sp³-hybridized carbons (Fsp3) is 0.833. The Kier molecular flexibility index (Phi) is 6.52. The number of aliphatic hydroxyl groups is 3. The van der Waals surface area contributed by atoms with Gasteiger partial charge in [0, 0.05) is 17.2 Å². The van der Waals surface area contributed by atoms with Crippen molar-refractivity contribution in [2.24, 2.45) is 0 Å². The number of aliphatic hydroxyl groups excluding tert-OH is 1. The molecule has 0 bridgehead atoms. The van der Waals surface area contributed by atoms with E-state index in [-0.39, 0.29) is 6.42 Å². The zero-order valence-electron chi connectivity index (χ0n) is 7.10. The Morgan fingerprint density at radius 1 is 1.54 bits per heavy atom. The van der Waals surface area contributed by atoms with Gasteiger partial charge in [0.2, 0.25) is 5.12 Å². The smallest absolute Gasteiger partial charge is 0.344 e. The molecule has 0 fully saturated rings. The molecule has 0 unspecified atom stereocenters. The van der Waals surface area contributed by atoms with Crippen molar-refractivity contribution in [3.05, 3.63) is 0 Å². The van der Waals surface area contributed by atoms with E-state index in [0.29, 0.717) is 28.3 Å². The average Bonchev–Trinajstić information content (AvgIpc) is 2.03. The average molecular weight is 228 g/mol. The first-order chi connectivity index (χ1) is 6.02. The molecular formula is C6H12O5S2. The van der Waals surface area contributed by atoms with Crippen molar-refractivity contribution in [2.75, 3.05) is 6.61 Å². The number of carbonyl (C=O) groups is 1. The first kappa shape index (κ1) is 13.1. The molecule has 5 nitrogen and oxygen atoms in total. The van der Waals surface area contributed by atoms with Crippen molar-refractivity contribution in [3.63, 3.8) is 0 Å². The van der Waals surface area contributed by atoms with E-state index in [1.807, 2.05) is 0 Å². The molecule has 7 heteroatoms. The standard InChI is InChI=1S/C6H12O5S2/c1-2-3-6(9,10)12-13-11-5(8)4-7/h7,9-10H,2-4H2,1H3. The Labute approximate surface area is 84.1 Å². The first-order valence-electron chi connectivity index (χ1n) is 3.62. The molecule has 0 saturated heterocycles. The summed E-state index contributed by atoms with van der Waals surface area (Å²) in [5.74, 6) is -0.815. The van der Waals surface area contributed by atoms with Crippen LogP contribution in [0.1, 0.15) is 19.8 Å². The second-order valence-electron chi connectivity index (χ2n) is 2.26. The second-order valence-corrected chi connectivity index (χ2v) is 4.29. The predicted octanol–water partition coefficient (Wildman–Crippen LogP) is 0.257. The molecule has 0 spiro atoms. The molecule has 78 valence electrons. The minimum Gasteiger partial charge on any atom is -0.385 e. The van der Waals surface area contributed by atoms with Gasteiger partial charge in [-0.25, -0.2) is 4.79 Å². The van der Waals surface area contributed by atoms with Crippen LogP contribution in [0, 0.1) is 0 Å². The number of hydrogen-bond donors (Lipinski definition) is 3. The second kappa shape index (κ2) is 6.50. The molecule has 0 rings (SSSR count). The number of carbonyl (C=O) groups excluding carboxylic acids is 1. The number of rotatable bonds is 6. The van der Waals surface area contributed by atoms with E-state index in [1.54, 1.807) is 6.92 Å². The Morgan fingerprint density at radius 2 is 2.15 bits per heavy atom. The molecule has 0 aliphatic carbocycles. The lowest BCUT2D eigenvalue weighted by Gasteiger charge is -2.17. The van der Waals surface area contributed by atoms with Crippen LogP contribution in [0.15, 0.2) is 0 Å². The van der Waals surface area contributed by atoms with Crippen LogP contribution in [0.4, 0.5) is 0 Å². The maximum Gasteiger partial charge on any atom is 0.344 e. The van der Waals surface area contributed by atoms with Crippen molar-refractivity contribution < 1.29 is 24.3 Å². The van der Waals surface area contributed by atoms with E-state index >= 15 is 0 Å². The van der Waals surface area contributed by atoms with Gasteiger partial charge in [-0.3, -0.25) is 0 Å². The lowest BCUT2D eigenvalue weighted by Crippen LogP contribution is -2.21. The highest BCUT2D eigenvalue weighted by atomic mass is 33.1. The fourth-order valence-corrected chi connectivity index (χ4v) is 1.97. The molecule has 0 aromatic carbocycles. The van der Waals surface area contributed by atoms with Crippen molar-refractivity contribution in [3.8, 4) is 0 Å². The molecule has 13 heavy (non-hydrogen) atoms. The van der Waals surface area contributed by atoms with Crippen LogP contribution in [-0.2, 0) is 8.98 Å². The maximum absolute atomic E-state index is 10.4. The molecule has 0 atom stereocenters. The Balaban J connectivity index is 3.56. The van der Waals surface area contributed by atoms with Gasteiger partial charge >= 0.3 is 5.97 Å². The topological polar surface area (TPSA) is 87.0 Å². The zero-order valence-corrected chi connectivity index (χ0v) is 8.73. The largest absolute Gasteiger partial charge is 0.385 e. The molecule has 0 radical (unpaired) electrons. The summed E-state index contributed by atoms with van der Waals surface area (Å²) in [6.45, 7) is 1.08. The van der Waals surface area contributed by atoms with Crippen LogP contribution >= 0.6 is 21.9 Å². The summed E-state index contributed by atoms with van der Waals surface area (Å²) in [7, 11) is 0.621. The fourth-order valence-electron chi connectivity index (χ4n) is 0.503. The third-order valence-electron chi connectivity index (χ3n) is 0.999. The lowest BCUT2D eigenvalue weighted by molar-refractivity contribution is -0.135. The number of hydrogen-bond acceptors (Lipinski definition) is 7. The van der Waals surface area contributed by atoms with Crippen LogP contribution in [-0.4, -0.2) is 33.0 Å². The van der Waals surface area contributed by atoms with Crippen molar-refractivity contribution >= 4 is 27.8 Å². The summed E-state index contributed by atoms with van der Waals surface area (Å²) in [4.78, 5) is 10.4.